The normalized spacial score (nSPS) is 18.6. The first-order valence-corrected chi connectivity index (χ1v) is 9.66. The molecule has 0 saturated carbocycles. The largest absolute Gasteiger partial charge is 0.544 e. The molecule has 8 nitrogen and oxygen atoms in total. The smallest absolute Gasteiger partial charge is 0.269 e. The van der Waals surface area contributed by atoms with Crippen LogP contribution >= 0.6 is 11.8 Å². The van der Waals surface area contributed by atoms with Crippen LogP contribution < -0.4 is 19.9 Å². The molecule has 28 heavy (non-hydrogen) atoms. The molecule has 0 amide bonds. The number of carbonyl (C=O) groups excluding carboxylic acids is 1. The van der Waals surface area contributed by atoms with Gasteiger partial charge in [0.15, 0.2) is 5.37 Å². The predicted molar refractivity (Wildman–Crippen MR) is 101 cm³/mol. The summed E-state index contributed by atoms with van der Waals surface area (Å²) in [6, 6.07) is 9.57. The summed E-state index contributed by atoms with van der Waals surface area (Å²) in [6.45, 7) is 1.97. The lowest BCUT2D eigenvalue weighted by atomic mass is 10.1. The number of aliphatic carboxylic acids is 1. The van der Waals surface area contributed by atoms with E-state index in [4.69, 9.17) is 9.47 Å². The second-order valence-electron chi connectivity index (χ2n) is 6.44. The van der Waals surface area contributed by atoms with Crippen molar-refractivity contribution in [3.8, 4) is 11.5 Å². The SMILES string of the molecule is COc1ccc([C@H]2[NH2+][C@H](C(=O)[O-])CS2)cc1COc1ccc([N+](=O)[O-])cc1C. The molecule has 2 aromatic carbocycles. The van der Waals surface area contributed by atoms with Gasteiger partial charge in [0.05, 0.1) is 17.8 Å². The minimum Gasteiger partial charge on any atom is -0.544 e. The van der Waals surface area contributed by atoms with E-state index in [1.54, 1.807) is 37.2 Å². The molecule has 2 aromatic rings. The Kier molecular flexibility index (Phi) is 6.05. The van der Waals surface area contributed by atoms with Gasteiger partial charge in [-0.05, 0) is 36.8 Å². The quantitative estimate of drug-likeness (QED) is 0.538. The van der Waals surface area contributed by atoms with E-state index in [9.17, 15) is 20.0 Å². The zero-order valence-corrected chi connectivity index (χ0v) is 16.2. The molecule has 3 rings (SSSR count). The van der Waals surface area contributed by atoms with Crippen molar-refractivity contribution in [3.05, 3.63) is 63.2 Å². The molecule has 1 heterocycles. The molecule has 1 fully saturated rings. The average molecular weight is 404 g/mol. The van der Waals surface area contributed by atoms with Gasteiger partial charge < -0.3 is 24.7 Å². The Bertz CT molecular complexity index is 904. The highest BCUT2D eigenvalue weighted by Gasteiger charge is 2.31. The number of aryl methyl sites for hydroxylation is 1. The Hall–Kier alpha value is -2.78. The van der Waals surface area contributed by atoms with Crippen LogP contribution in [0.15, 0.2) is 36.4 Å². The number of nitrogens with zero attached hydrogens (tertiary/aromatic N) is 1. The monoisotopic (exact) mass is 404 g/mol. The van der Waals surface area contributed by atoms with Crippen molar-refractivity contribution in [1.82, 2.24) is 0 Å². The average Bonchev–Trinajstić information content (AvgIpc) is 3.17. The highest BCUT2D eigenvalue weighted by molar-refractivity contribution is 7.99. The molecule has 0 aliphatic carbocycles. The molecule has 0 unspecified atom stereocenters. The summed E-state index contributed by atoms with van der Waals surface area (Å²) in [5, 5.41) is 23.7. The molecule has 0 radical (unpaired) electrons. The fourth-order valence-electron chi connectivity index (χ4n) is 3.04. The van der Waals surface area contributed by atoms with Gasteiger partial charge in [-0.25, -0.2) is 0 Å². The summed E-state index contributed by atoms with van der Waals surface area (Å²) < 4.78 is 11.3. The first kappa shape index (κ1) is 20.0. The van der Waals surface area contributed by atoms with Crippen LogP contribution in [0.3, 0.4) is 0 Å². The number of nitro groups is 1. The predicted octanol–water partition coefficient (Wildman–Crippen LogP) is 0.918. The fraction of sp³-hybridized carbons (Fsp3) is 0.316. The zero-order valence-electron chi connectivity index (χ0n) is 15.4. The standard InChI is InChI=1S/C19H20N2O6S/c1-11-7-14(21(24)25)4-6-16(11)27-9-13-8-12(3-5-17(13)26-2)18-20-15(10-28-18)19(22)23/h3-8,15,18,20H,9-10H2,1-2H3,(H,22,23)/t15-,18-/m0/s1. The Morgan fingerprint density at radius 2 is 2.04 bits per heavy atom. The Labute approximate surface area is 166 Å². The van der Waals surface area contributed by atoms with E-state index in [0.29, 0.717) is 22.8 Å². The summed E-state index contributed by atoms with van der Waals surface area (Å²) >= 11 is 1.55. The van der Waals surface area contributed by atoms with E-state index < -0.39 is 16.9 Å². The number of non-ortho nitro benzene ring substituents is 1. The lowest BCUT2D eigenvalue weighted by Crippen LogP contribution is -2.90. The van der Waals surface area contributed by atoms with Gasteiger partial charge in [0.2, 0.25) is 0 Å². The number of hydrogen-bond acceptors (Lipinski definition) is 7. The molecular formula is C19H20N2O6S. The van der Waals surface area contributed by atoms with E-state index in [-0.39, 0.29) is 17.7 Å². The number of nitrogens with two attached hydrogens (primary N) is 1. The van der Waals surface area contributed by atoms with Gasteiger partial charge in [0, 0.05) is 23.3 Å². The van der Waals surface area contributed by atoms with Gasteiger partial charge in [-0.2, -0.15) is 0 Å². The van der Waals surface area contributed by atoms with Crippen LogP contribution in [0, 0.1) is 17.0 Å². The number of quaternary nitrogens is 1. The van der Waals surface area contributed by atoms with E-state index >= 15 is 0 Å². The van der Waals surface area contributed by atoms with Crippen molar-refractivity contribution in [2.45, 2.75) is 24.9 Å². The van der Waals surface area contributed by atoms with Crippen LogP contribution in [-0.4, -0.2) is 29.8 Å². The Morgan fingerprint density at radius 3 is 2.64 bits per heavy atom. The number of nitro benzene ring substituents is 1. The molecule has 9 heteroatoms. The second-order valence-corrected chi connectivity index (χ2v) is 7.61. The van der Waals surface area contributed by atoms with Crippen LogP contribution in [0.2, 0.25) is 0 Å². The molecule has 1 aliphatic rings. The number of rotatable bonds is 7. The first-order valence-electron chi connectivity index (χ1n) is 8.61. The molecule has 0 aromatic heterocycles. The Morgan fingerprint density at radius 1 is 1.29 bits per heavy atom. The first-order chi connectivity index (χ1) is 13.4. The highest BCUT2D eigenvalue weighted by atomic mass is 32.2. The van der Waals surface area contributed by atoms with E-state index in [2.05, 4.69) is 0 Å². The van der Waals surface area contributed by atoms with Crippen LogP contribution in [0.25, 0.3) is 0 Å². The number of ether oxygens (including phenoxy) is 2. The third kappa shape index (κ3) is 4.37. The van der Waals surface area contributed by atoms with Crippen molar-refractivity contribution >= 4 is 23.4 Å². The van der Waals surface area contributed by atoms with Gasteiger partial charge in [0.1, 0.15) is 30.1 Å². The summed E-state index contributed by atoms with van der Waals surface area (Å²) in [6.07, 6.45) is 0. The molecule has 1 saturated heterocycles. The number of carboxylic acids is 1. The van der Waals surface area contributed by atoms with Crippen molar-refractivity contribution in [2.75, 3.05) is 12.9 Å². The maximum absolute atomic E-state index is 11.1. The van der Waals surface area contributed by atoms with Crippen molar-refractivity contribution in [1.29, 1.82) is 0 Å². The van der Waals surface area contributed by atoms with Crippen LogP contribution in [0.5, 0.6) is 11.5 Å². The number of hydrogen-bond donors (Lipinski definition) is 1. The summed E-state index contributed by atoms with van der Waals surface area (Å²) in [5.41, 5.74) is 2.46. The van der Waals surface area contributed by atoms with Gasteiger partial charge in [-0.15, -0.1) is 0 Å². The fourth-order valence-corrected chi connectivity index (χ4v) is 4.34. The number of thioether (sulfide) groups is 1. The van der Waals surface area contributed by atoms with Crippen molar-refractivity contribution in [3.63, 3.8) is 0 Å². The summed E-state index contributed by atoms with van der Waals surface area (Å²) in [7, 11) is 1.57. The lowest BCUT2D eigenvalue weighted by molar-refractivity contribution is -0.690. The molecule has 2 N–H and O–H groups in total. The lowest BCUT2D eigenvalue weighted by Gasteiger charge is -2.15. The van der Waals surface area contributed by atoms with Gasteiger partial charge in [0.25, 0.3) is 5.69 Å². The third-order valence-electron chi connectivity index (χ3n) is 4.55. The molecular weight excluding hydrogens is 384 g/mol. The number of methoxy groups -OCH3 is 1. The number of carboxylic acid groups (broad SMARTS) is 1. The van der Waals surface area contributed by atoms with E-state index in [1.165, 1.54) is 12.1 Å². The van der Waals surface area contributed by atoms with Gasteiger partial charge in [-0.3, -0.25) is 10.1 Å². The molecule has 2 atom stereocenters. The molecule has 0 bridgehead atoms. The van der Waals surface area contributed by atoms with E-state index in [1.807, 2.05) is 18.2 Å². The van der Waals surface area contributed by atoms with Gasteiger partial charge >= 0.3 is 0 Å². The topological polar surface area (TPSA) is 118 Å². The molecule has 0 spiro atoms. The number of benzene rings is 2. The van der Waals surface area contributed by atoms with Crippen LogP contribution in [0.4, 0.5) is 5.69 Å². The number of carbonyl (C=O) groups is 1. The van der Waals surface area contributed by atoms with Gasteiger partial charge in [-0.1, -0.05) is 11.8 Å². The van der Waals surface area contributed by atoms with Crippen molar-refractivity contribution in [2.24, 2.45) is 0 Å². The Balaban J connectivity index is 1.76. The zero-order chi connectivity index (χ0) is 20.3. The maximum Gasteiger partial charge on any atom is 0.269 e. The summed E-state index contributed by atoms with van der Waals surface area (Å²) in [4.78, 5) is 21.5. The maximum atomic E-state index is 11.1. The summed E-state index contributed by atoms with van der Waals surface area (Å²) in [5.74, 6) is 0.646. The minimum absolute atomic E-state index is 0.0145. The molecule has 1 aliphatic heterocycles. The van der Waals surface area contributed by atoms with E-state index in [0.717, 1.165) is 11.1 Å². The minimum atomic E-state index is -1.05. The third-order valence-corrected chi connectivity index (χ3v) is 5.89. The second kappa shape index (κ2) is 8.49. The highest BCUT2D eigenvalue weighted by Crippen LogP contribution is 2.31. The molecule has 148 valence electrons. The van der Waals surface area contributed by atoms with Crippen molar-refractivity contribution < 1.29 is 29.6 Å². The van der Waals surface area contributed by atoms with Crippen LogP contribution in [-0.2, 0) is 11.4 Å². The van der Waals surface area contributed by atoms with Crippen LogP contribution in [0.1, 0.15) is 22.1 Å².